The molecule has 0 spiro atoms. The Kier molecular flexibility index (Phi) is 3.45. The molecular formula is C10H13N2O2. The van der Waals surface area contributed by atoms with Gasteiger partial charge in [-0.3, -0.25) is 0 Å². The van der Waals surface area contributed by atoms with Gasteiger partial charge in [0.15, 0.2) is 5.03 Å². The predicted molar refractivity (Wildman–Crippen MR) is 55.4 cm³/mol. The van der Waals surface area contributed by atoms with Crippen molar-refractivity contribution in [1.82, 2.24) is 0 Å². The Hall–Kier alpha value is -1.58. The van der Waals surface area contributed by atoms with Gasteiger partial charge in [-0.2, -0.15) is 0 Å². The third kappa shape index (κ3) is 2.73. The lowest BCUT2D eigenvalue weighted by molar-refractivity contribution is -0.494. The van der Waals surface area contributed by atoms with Crippen molar-refractivity contribution < 1.29 is 5.03 Å². The minimum Gasteiger partial charge on any atom is -0.234 e. The van der Waals surface area contributed by atoms with Crippen LogP contribution >= 0.6 is 0 Å². The molecule has 75 valence electrons. The van der Waals surface area contributed by atoms with Crippen LogP contribution in [-0.4, -0.2) is 11.6 Å². The zero-order valence-electron chi connectivity index (χ0n) is 8.30. The van der Waals surface area contributed by atoms with Crippen LogP contribution in [0.4, 0.5) is 5.69 Å². The fraction of sp³-hybridized carbons (Fsp3) is 0.300. The van der Waals surface area contributed by atoms with Crippen LogP contribution in [0.5, 0.6) is 0 Å². The van der Waals surface area contributed by atoms with Crippen molar-refractivity contribution in [1.29, 1.82) is 0 Å². The summed E-state index contributed by atoms with van der Waals surface area (Å²) in [5.74, 6) is 1.01. The molecule has 0 N–H and O–H groups in total. The second-order valence-electron chi connectivity index (χ2n) is 3.34. The molecule has 1 rings (SSSR count). The SMILES string of the molecule is C[C](C)CN(c1ccccc1)[N+](=O)[O-]. The average molecular weight is 193 g/mol. The van der Waals surface area contributed by atoms with Crippen LogP contribution in [0.1, 0.15) is 13.8 Å². The number of hydrogen-bond acceptors (Lipinski definition) is 2. The summed E-state index contributed by atoms with van der Waals surface area (Å²) in [5, 5.41) is 11.5. The van der Waals surface area contributed by atoms with Gasteiger partial charge in [0.1, 0.15) is 5.69 Å². The number of nitro groups is 1. The lowest BCUT2D eigenvalue weighted by atomic mass is 10.2. The average Bonchev–Trinajstić information content (AvgIpc) is 2.15. The number of hydrazine groups is 1. The van der Waals surface area contributed by atoms with Gasteiger partial charge in [-0.25, -0.2) is 10.1 Å². The maximum absolute atomic E-state index is 10.8. The van der Waals surface area contributed by atoms with E-state index in [1.54, 1.807) is 24.3 Å². The highest BCUT2D eigenvalue weighted by Gasteiger charge is 2.17. The standard InChI is InChI=1S/C10H13N2O2/c1-9(2)8-11(12(13)14)10-6-4-3-5-7-10/h3-7H,8H2,1-2H3. The van der Waals surface area contributed by atoms with Gasteiger partial charge < -0.3 is 0 Å². The summed E-state index contributed by atoms with van der Waals surface area (Å²) in [6.07, 6.45) is 0. The molecule has 0 fully saturated rings. The Balaban J connectivity index is 2.84. The third-order valence-electron chi connectivity index (χ3n) is 1.72. The largest absolute Gasteiger partial charge is 0.234 e. The van der Waals surface area contributed by atoms with Gasteiger partial charge in [0.25, 0.3) is 0 Å². The van der Waals surface area contributed by atoms with Crippen molar-refractivity contribution in [3.05, 3.63) is 46.4 Å². The second-order valence-corrected chi connectivity index (χ2v) is 3.34. The van der Waals surface area contributed by atoms with E-state index in [0.29, 0.717) is 12.2 Å². The van der Waals surface area contributed by atoms with Crippen LogP contribution in [0.3, 0.4) is 0 Å². The molecule has 1 aromatic rings. The van der Waals surface area contributed by atoms with E-state index in [0.717, 1.165) is 10.9 Å². The van der Waals surface area contributed by atoms with Crippen molar-refractivity contribution in [2.75, 3.05) is 11.6 Å². The van der Waals surface area contributed by atoms with Crippen molar-refractivity contribution in [2.45, 2.75) is 13.8 Å². The van der Waals surface area contributed by atoms with Gasteiger partial charge in [0, 0.05) is 0 Å². The van der Waals surface area contributed by atoms with E-state index in [-0.39, 0.29) is 5.03 Å². The molecule has 0 amide bonds. The van der Waals surface area contributed by atoms with Crippen LogP contribution in [0, 0.1) is 16.0 Å². The summed E-state index contributed by atoms with van der Waals surface area (Å²) in [7, 11) is 0. The van der Waals surface area contributed by atoms with Crippen LogP contribution in [-0.2, 0) is 0 Å². The molecule has 0 atom stereocenters. The minimum absolute atomic E-state index is 0.344. The smallest absolute Gasteiger partial charge is 0.165 e. The highest BCUT2D eigenvalue weighted by atomic mass is 16.7. The zero-order chi connectivity index (χ0) is 10.6. The van der Waals surface area contributed by atoms with Gasteiger partial charge in [-0.15, -0.1) is 0 Å². The summed E-state index contributed by atoms with van der Waals surface area (Å²) in [6, 6.07) is 8.87. The first-order valence-electron chi connectivity index (χ1n) is 4.37. The number of anilines is 1. The maximum atomic E-state index is 10.8. The van der Waals surface area contributed by atoms with Gasteiger partial charge in [-0.1, -0.05) is 37.1 Å². The molecule has 4 heteroatoms. The summed E-state index contributed by atoms with van der Waals surface area (Å²) in [4.78, 5) is 10.8. The molecule has 4 nitrogen and oxygen atoms in total. The van der Waals surface area contributed by atoms with Gasteiger partial charge in [-0.05, 0) is 18.1 Å². The molecular weight excluding hydrogens is 180 g/mol. The van der Waals surface area contributed by atoms with Crippen molar-refractivity contribution in [2.24, 2.45) is 0 Å². The van der Waals surface area contributed by atoms with Crippen LogP contribution in [0.2, 0.25) is 0 Å². The highest BCUT2D eigenvalue weighted by molar-refractivity contribution is 5.43. The summed E-state index contributed by atoms with van der Waals surface area (Å²) in [5.41, 5.74) is 0.610. The minimum atomic E-state index is -0.387. The molecule has 0 bridgehead atoms. The monoisotopic (exact) mass is 193 g/mol. The Bertz CT molecular complexity index is 298. The molecule has 0 aliphatic carbocycles. The van der Waals surface area contributed by atoms with Crippen LogP contribution in [0.25, 0.3) is 0 Å². The Morgan fingerprint density at radius 2 is 1.93 bits per heavy atom. The maximum Gasteiger partial charge on any atom is 0.165 e. The Morgan fingerprint density at radius 1 is 1.36 bits per heavy atom. The molecule has 1 aromatic carbocycles. The number of hydrogen-bond donors (Lipinski definition) is 0. The fourth-order valence-electron chi connectivity index (χ4n) is 1.14. The topological polar surface area (TPSA) is 46.4 Å². The Labute approximate surface area is 83.3 Å². The molecule has 0 aliphatic rings. The first-order chi connectivity index (χ1) is 6.61. The van der Waals surface area contributed by atoms with Crippen molar-refractivity contribution in [3.63, 3.8) is 0 Å². The molecule has 14 heavy (non-hydrogen) atoms. The van der Waals surface area contributed by atoms with E-state index in [4.69, 9.17) is 0 Å². The normalized spacial score (nSPS) is 10.2. The molecule has 0 unspecified atom stereocenters. The number of rotatable bonds is 4. The lowest BCUT2D eigenvalue weighted by Gasteiger charge is -2.15. The first-order valence-corrected chi connectivity index (χ1v) is 4.37. The fourth-order valence-corrected chi connectivity index (χ4v) is 1.14. The molecule has 0 aliphatic heterocycles. The van der Waals surface area contributed by atoms with Gasteiger partial charge in [0.05, 0.1) is 6.54 Å². The van der Waals surface area contributed by atoms with E-state index in [9.17, 15) is 10.1 Å². The van der Waals surface area contributed by atoms with Crippen molar-refractivity contribution >= 4 is 5.69 Å². The second kappa shape index (κ2) is 4.60. The van der Waals surface area contributed by atoms with Gasteiger partial charge >= 0.3 is 0 Å². The van der Waals surface area contributed by atoms with E-state index in [1.165, 1.54) is 0 Å². The number of benzene rings is 1. The predicted octanol–water partition coefficient (Wildman–Crippen LogP) is 2.30. The van der Waals surface area contributed by atoms with Gasteiger partial charge in [0.2, 0.25) is 0 Å². The number of para-hydroxylation sites is 1. The molecule has 0 heterocycles. The van der Waals surface area contributed by atoms with E-state index in [2.05, 4.69) is 0 Å². The highest BCUT2D eigenvalue weighted by Crippen LogP contribution is 2.15. The van der Waals surface area contributed by atoms with E-state index < -0.39 is 0 Å². The Morgan fingerprint density at radius 3 is 2.36 bits per heavy atom. The van der Waals surface area contributed by atoms with E-state index >= 15 is 0 Å². The molecule has 0 aromatic heterocycles. The number of nitrogens with zero attached hydrogens (tertiary/aromatic N) is 2. The summed E-state index contributed by atoms with van der Waals surface area (Å²) >= 11 is 0. The first kappa shape index (κ1) is 10.5. The quantitative estimate of drug-likeness (QED) is 0.544. The van der Waals surface area contributed by atoms with Crippen LogP contribution in [0.15, 0.2) is 30.3 Å². The molecule has 0 saturated heterocycles. The molecule has 1 radical (unpaired) electrons. The van der Waals surface area contributed by atoms with Crippen LogP contribution < -0.4 is 5.01 Å². The third-order valence-corrected chi connectivity index (χ3v) is 1.72. The summed E-state index contributed by atoms with van der Waals surface area (Å²) < 4.78 is 0. The molecule has 0 saturated carbocycles. The van der Waals surface area contributed by atoms with E-state index in [1.807, 2.05) is 19.9 Å². The van der Waals surface area contributed by atoms with Crippen molar-refractivity contribution in [3.8, 4) is 0 Å². The summed E-state index contributed by atoms with van der Waals surface area (Å²) in [6.45, 7) is 4.09. The zero-order valence-corrected chi connectivity index (χ0v) is 8.30. The lowest BCUT2D eigenvalue weighted by Crippen LogP contribution is -2.32.